The summed E-state index contributed by atoms with van der Waals surface area (Å²) in [5, 5.41) is 0. The Kier molecular flexibility index (Phi) is 5.82. The van der Waals surface area contributed by atoms with Gasteiger partial charge in [0, 0.05) is 6.92 Å². The predicted molar refractivity (Wildman–Crippen MR) is 59.2 cm³/mol. The summed E-state index contributed by atoms with van der Waals surface area (Å²) in [5.74, 6) is 0.599. The summed E-state index contributed by atoms with van der Waals surface area (Å²) in [6.07, 6.45) is 4.54. The number of carbonyl (C=O) groups is 1. The molecule has 0 spiro atoms. The largest absolute Gasteiger partial charge is 0.460 e. The Bertz CT molecular complexity index is 173. The van der Waals surface area contributed by atoms with E-state index in [9.17, 15) is 4.79 Å². The molecule has 84 valence electrons. The summed E-state index contributed by atoms with van der Waals surface area (Å²) in [5.41, 5.74) is -0.292. The monoisotopic (exact) mass is 200 g/mol. The Morgan fingerprint density at radius 1 is 1.43 bits per heavy atom. The molecule has 0 amide bonds. The maximum Gasteiger partial charge on any atom is 0.303 e. The third-order valence-electron chi connectivity index (χ3n) is 2.59. The third-order valence-corrected chi connectivity index (χ3v) is 2.59. The van der Waals surface area contributed by atoms with Gasteiger partial charge in [0.2, 0.25) is 0 Å². The van der Waals surface area contributed by atoms with Crippen molar-refractivity contribution in [3.05, 3.63) is 0 Å². The maximum atomic E-state index is 10.8. The summed E-state index contributed by atoms with van der Waals surface area (Å²) >= 11 is 0. The van der Waals surface area contributed by atoms with Gasteiger partial charge in [0.1, 0.15) is 5.60 Å². The lowest BCUT2D eigenvalue weighted by atomic mass is 9.95. The number of esters is 1. The van der Waals surface area contributed by atoms with Crippen LogP contribution in [0, 0.1) is 5.92 Å². The normalized spacial score (nSPS) is 13.8. The second-order valence-electron chi connectivity index (χ2n) is 4.76. The van der Waals surface area contributed by atoms with Crippen molar-refractivity contribution in [1.82, 2.24) is 0 Å². The molecule has 1 unspecified atom stereocenters. The summed E-state index contributed by atoms with van der Waals surface area (Å²) in [6.45, 7) is 9.90. The lowest BCUT2D eigenvalue weighted by molar-refractivity contribution is -0.154. The average Bonchev–Trinajstić information content (AvgIpc) is 2.01. The number of hydrogen-bond acceptors (Lipinski definition) is 2. The molecular formula is C12H24O2. The zero-order valence-electron chi connectivity index (χ0n) is 10.2. The fourth-order valence-corrected chi connectivity index (χ4v) is 1.52. The fraction of sp³-hybridized carbons (Fsp3) is 0.917. The van der Waals surface area contributed by atoms with Crippen LogP contribution in [0.5, 0.6) is 0 Å². The Labute approximate surface area is 88.0 Å². The van der Waals surface area contributed by atoms with Crippen LogP contribution in [0.2, 0.25) is 0 Å². The van der Waals surface area contributed by atoms with E-state index in [0.717, 1.165) is 18.8 Å². The molecule has 0 saturated heterocycles. The van der Waals surface area contributed by atoms with E-state index in [-0.39, 0.29) is 11.6 Å². The standard InChI is InChI=1S/C12H24O2/c1-6-10(2)8-7-9-12(4,5)14-11(3)13/h10H,6-9H2,1-5H3. The number of rotatable bonds is 6. The number of hydrogen-bond donors (Lipinski definition) is 0. The molecule has 0 aromatic heterocycles. The smallest absolute Gasteiger partial charge is 0.303 e. The van der Waals surface area contributed by atoms with E-state index in [4.69, 9.17) is 4.74 Å². The van der Waals surface area contributed by atoms with Crippen molar-refractivity contribution in [2.75, 3.05) is 0 Å². The first-order valence-electron chi connectivity index (χ1n) is 5.57. The van der Waals surface area contributed by atoms with Crippen molar-refractivity contribution in [3.8, 4) is 0 Å². The highest BCUT2D eigenvalue weighted by Gasteiger charge is 2.20. The first kappa shape index (κ1) is 13.5. The Morgan fingerprint density at radius 2 is 2.00 bits per heavy atom. The molecule has 0 rings (SSSR count). The Hall–Kier alpha value is -0.530. The van der Waals surface area contributed by atoms with Gasteiger partial charge in [0.25, 0.3) is 0 Å². The SMILES string of the molecule is CCC(C)CCCC(C)(C)OC(C)=O. The second-order valence-corrected chi connectivity index (χ2v) is 4.76. The molecule has 0 aromatic carbocycles. The molecule has 0 aliphatic rings. The predicted octanol–water partition coefficient (Wildman–Crippen LogP) is 3.54. The van der Waals surface area contributed by atoms with E-state index in [1.165, 1.54) is 19.8 Å². The van der Waals surface area contributed by atoms with Crippen LogP contribution < -0.4 is 0 Å². The summed E-state index contributed by atoms with van der Waals surface area (Å²) in [7, 11) is 0. The zero-order chi connectivity index (χ0) is 11.2. The molecule has 2 heteroatoms. The average molecular weight is 200 g/mol. The minimum Gasteiger partial charge on any atom is -0.460 e. The van der Waals surface area contributed by atoms with Crippen molar-refractivity contribution in [2.24, 2.45) is 5.92 Å². The molecule has 0 fully saturated rings. The van der Waals surface area contributed by atoms with Crippen LogP contribution in [0.25, 0.3) is 0 Å². The molecule has 2 nitrogen and oxygen atoms in total. The second kappa shape index (κ2) is 6.05. The molecular weight excluding hydrogens is 176 g/mol. The van der Waals surface area contributed by atoms with E-state index in [1.807, 2.05) is 13.8 Å². The fourth-order valence-electron chi connectivity index (χ4n) is 1.52. The van der Waals surface area contributed by atoms with Crippen LogP contribution in [-0.4, -0.2) is 11.6 Å². The lowest BCUT2D eigenvalue weighted by Gasteiger charge is -2.24. The van der Waals surface area contributed by atoms with Gasteiger partial charge in [-0.25, -0.2) is 0 Å². The van der Waals surface area contributed by atoms with Gasteiger partial charge in [-0.1, -0.05) is 26.7 Å². The van der Waals surface area contributed by atoms with Crippen LogP contribution in [0.4, 0.5) is 0 Å². The van der Waals surface area contributed by atoms with E-state index in [2.05, 4.69) is 13.8 Å². The minimum atomic E-state index is -0.292. The van der Waals surface area contributed by atoms with Gasteiger partial charge in [0.05, 0.1) is 0 Å². The van der Waals surface area contributed by atoms with E-state index >= 15 is 0 Å². The van der Waals surface area contributed by atoms with Gasteiger partial charge in [-0.3, -0.25) is 4.79 Å². The highest BCUT2D eigenvalue weighted by Crippen LogP contribution is 2.20. The lowest BCUT2D eigenvalue weighted by Crippen LogP contribution is -2.26. The number of carbonyl (C=O) groups excluding carboxylic acids is 1. The first-order chi connectivity index (χ1) is 6.37. The van der Waals surface area contributed by atoms with Crippen LogP contribution >= 0.6 is 0 Å². The Morgan fingerprint density at radius 3 is 2.43 bits per heavy atom. The molecule has 0 aromatic rings. The van der Waals surface area contributed by atoms with Crippen molar-refractivity contribution < 1.29 is 9.53 Å². The molecule has 0 radical (unpaired) electrons. The third kappa shape index (κ3) is 6.93. The van der Waals surface area contributed by atoms with Crippen LogP contribution in [-0.2, 0) is 9.53 Å². The van der Waals surface area contributed by atoms with E-state index in [1.54, 1.807) is 0 Å². The molecule has 0 N–H and O–H groups in total. The van der Waals surface area contributed by atoms with Gasteiger partial charge in [0.15, 0.2) is 0 Å². The van der Waals surface area contributed by atoms with Crippen molar-refractivity contribution >= 4 is 5.97 Å². The van der Waals surface area contributed by atoms with E-state index < -0.39 is 0 Å². The van der Waals surface area contributed by atoms with Crippen molar-refractivity contribution in [3.63, 3.8) is 0 Å². The summed E-state index contributed by atoms with van der Waals surface area (Å²) in [6, 6.07) is 0. The van der Waals surface area contributed by atoms with Crippen LogP contribution in [0.1, 0.15) is 60.3 Å². The minimum absolute atomic E-state index is 0.182. The van der Waals surface area contributed by atoms with Gasteiger partial charge < -0.3 is 4.74 Å². The number of ether oxygens (including phenoxy) is 1. The van der Waals surface area contributed by atoms with Crippen LogP contribution in [0.3, 0.4) is 0 Å². The molecule has 0 bridgehead atoms. The van der Waals surface area contributed by atoms with Gasteiger partial charge >= 0.3 is 5.97 Å². The molecule has 0 aliphatic heterocycles. The summed E-state index contributed by atoms with van der Waals surface area (Å²) in [4.78, 5) is 10.8. The van der Waals surface area contributed by atoms with Crippen LogP contribution in [0.15, 0.2) is 0 Å². The maximum absolute atomic E-state index is 10.8. The first-order valence-corrected chi connectivity index (χ1v) is 5.57. The zero-order valence-corrected chi connectivity index (χ0v) is 10.2. The highest BCUT2D eigenvalue weighted by molar-refractivity contribution is 5.66. The quantitative estimate of drug-likeness (QED) is 0.613. The van der Waals surface area contributed by atoms with Gasteiger partial charge in [-0.05, 0) is 32.6 Å². The Balaban J connectivity index is 3.70. The highest BCUT2D eigenvalue weighted by atomic mass is 16.6. The van der Waals surface area contributed by atoms with E-state index in [0.29, 0.717) is 0 Å². The van der Waals surface area contributed by atoms with Gasteiger partial charge in [-0.15, -0.1) is 0 Å². The molecule has 1 atom stereocenters. The molecule has 0 aliphatic carbocycles. The van der Waals surface area contributed by atoms with Gasteiger partial charge in [-0.2, -0.15) is 0 Å². The summed E-state index contributed by atoms with van der Waals surface area (Å²) < 4.78 is 5.21. The molecule has 14 heavy (non-hydrogen) atoms. The molecule has 0 saturated carbocycles. The topological polar surface area (TPSA) is 26.3 Å². The van der Waals surface area contributed by atoms with Crippen molar-refractivity contribution in [2.45, 2.75) is 65.9 Å². The molecule has 0 heterocycles. The van der Waals surface area contributed by atoms with Crippen molar-refractivity contribution in [1.29, 1.82) is 0 Å².